The second-order valence-electron chi connectivity index (χ2n) is 9.58. The molecule has 1 aromatic rings. The number of amides is 1. The van der Waals surface area contributed by atoms with E-state index in [9.17, 15) is 9.59 Å². The lowest BCUT2D eigenvalue weighted by atomic mass is 9.84. The van der Waals surface area contributed by atoms with E-state index in [0.717, 1.165) is 24.8 Å². The monoisotopic (exact) mass is 403 g/mol. The highest BCUT2D eigenvalue weighted by molar-refractivity contribution is 5.93. The zero-order valence-corrected chi connectivity index (χ0v) is 19.2. The maximum atomic E-state index is 13.3. The van der Waals surface area contributed by atoms with Crippen LogP contribution in [-0.4, -0.2) is 35.9 Å². The number of carbonyl (C=O) groups excluding carboxylic acids is 2. The molecule has 0 spiro atoms. The van der Waals surface area contributed by atoms with Crippen LogP contribution in [0.2, 0.25) is 0 Å². The fourth-order valence-electron chi connectivity index (χ4n) is 3.19. The largest absolute Gasteiger partial charge is 0.345 e. The highest BCUT2D eigenvalue weighted by Gasteiger charge is 2.33. The van der Waals surface area contributed by atoms with Crippen LogP contribution >= 0.6 is 0 Å². The van der Waals surface area contributed by atoms with E-state index in [2.05, 4.69) is 31.4 Å². The Kier molecular flexibility index (Phi) is 10.0. The van der Waals surface area contributed by atoms with Gasteiger partial charge in [-0.15, -0.1) is 0 Å². The zero-order valence-electron chi connectivity index (χ0n) is 19.2. The maximum absolute atomic E-state index is 13.3. The molecule has 2 unspecified atom stereocenters. The first-order valence-corrected chi connectivity index (χ1v) is 10.9. The number of hydrogen-bond acceptors (Lipinski definition) is 4. The topological polar surface area (TPSA) is 84.2 Å². The molecular weight excluding hydrogens is 362 g/mol. The van der Waals surface area contributed by atoms with Gasteiger partial charge in [0.15, 0.2) is 5.78 Å². The Hall–Kier alpha value is -1.72. The number of hydrogen-bond donors (Lipinski definition) is 3. The van der Waals surface area contributed by atoms with Gasteiger partial charge in [0.1, 0.15) is 0 Å². The van der Waals surface area contributed by atoms with Gasteiger partial charge in [0.05, 0.1) is 12.1 Å². The molecule has 29 heavy (non-hydrogen) atoms. The number of Topliss-reactive ketones (excluding diaryl/α,β-unsaturated/α-hetero) is 1. The van der Waals surface area contributed by atoms with E-state index in [4.69, 9.17) is 5.73 Å². The first-order chi connectivity index (χ1) is 13.5. The molecule has 0 saturated heterocycles. The summed E-state index contributed by atoms with van der Waals surface area (Å²) in [7, 11) is 0. The molecule has 164 valence electrons. The van der Waals surface area contributed by atoms with Crippen molar-refractivity contribution in [2.24, 2.45) is 11.1 Å². The lowest BCUT2D eigenvalue weighted by Gasteiger charge is -2.32. The van der Waals surface area contributed by atoms with Crippen molar-refractivity contribution in [3.8, 4) is 0 Å². The number of unbranched alkanes of at least 4 members (excludes halogenated alkanes) is 1. The highest BCUT2D eigenvalue weighted by Crippen LogP contribution is 2.20. The van der Waals surface area contributed by atoms with E-state index < -0.39 is 17.5 Å². The molecule has 5 heteroatoms. The van der Waals surface area contributed by atoms with Gasteiger partial charge in [-0.1, -0.05) is 58.0 Å². The van der Waals surface area contributed by atoms with Crippen LogP contribution in [0.15, 0.2) is 30.3 Å². The average Bonchev–Trinajstić information content (AvgIpc) is 2.66. The van der Waals surface area contributed by atoms with E-state index in [1.165, 1.54) is 0 Å². The second-order valence-corrected chi connectivity index (χ2v) is 9.58. The summed E-state index contributed by atoms with van der Waals surface area (Å²) in [4.78, 5) is 26.2. The molecule has 2 atom stereocenters. The zero-order chi connectivity index (χ0) is 22.1. The fraction of sp³-hybridized carbons (Fsp3) is 0.667. The van der Waals surface area contributed by atoms with Gasteiger partial charge < -0.3 is 16.4 Å². The summed E-state index contributed by atoms with van der Waals surface area (Å²) in [5.74, 6) is -0.0539. The third kappa shape index (κ3) is 9.09. The first kappa shape index (κ1) is 25.3. The van der Waals surface area contributed by atoms with Crippen molar-refractivity contribution in [3.05, 3.63) is 35.9 Å². The normalized spacial score (nSPS) is 14.3. The van der Waals surface area contributed by atoms with E-state index in [1.807, 2.05) is 51.1 Å². The fourth-order valence-corrected chi connectivity index (χ4v) is 3.19. The van der Waals surface area contributed by atoms with E-state index in [-0.39, 0.29) is 17.2 Å². The van der Waals surface area contributed by atoms with Crippen molar-refractivity contribution < 1.29 is 9.59 Å². The van der Waals surface area contributed by atoms with Crippen molar-refractivity contribution >= 4 is 11.7 Å². The molecule has 0 aliphatic rings. The van der Waals surface area contributed by atoms with Crippen molar-refractivity contribution in [1.82, 2.24) is 10.6 Å². The highest BCUT2D eigenvalue weighted by atomic mass is 16.2. The number of ketones is 1. The van der Waals surface area contributed by atoms with Gasteiger partial charge in [0, 0.05) is 11.0 Å². The summed E-state index contributed by atoms with van der Waals surface area (Å²) in [6.07, 6.45) is 3.76. The van der Waals surface area contributed by atoms with Crippen LogP contribution in [0.4, 0.5) is 0 Å². The SMILES string of the molecule is CCC(C)(C)NC(Cc1ccccc1)C(=O)NC(CCCCN)C(=O)C(C)(C)C. The molecule has 0 radical (unpaired) electrons. The molecule has 0 aliphatic carbocycles. The molecule has 0 bridgehead atoms. The molecule has 5 nitrogen and oxygen atoms in total. The minimum atomic E-state index is -0.508. The molecule has 0 heterocycles. The van der Waals surface area contributed by atoms with E-state index >= 15 is 0 Å². The van der Waals surface area contributed by atoms with Crippen LogP contribution < -0.4 is 16.4 Å². The predicted octanol–water partition coefficient (Wildman–Crippen LogP) is 3.60. The van der Waals surface area contributed by atoms with Gasteiger partial charge in [-0.3, -0.25) is 9.59 Å². The van der Waals surface area contributed by atoms with Crippen molar-refractivity contribution in [3.63, 3.8) is 0 Å². The van der Waals surface area contributed by atoms with Crippen LogP contribution in [0.5, 0.6) is 0 Å². The lowest BCUT2D eigenvalue weighted by molar-refractivity contribution is -0.133. The third-order valence-electron chi connectivity index (χ3n) is 5.37. The molecule has 0 saturated carbocycles. The summed E-state index contributed by atoms with van der Waals surface area (Å²) in [5, 5.41) is 6.56. The van der Waals surface area contributed by atoms with Crippen molar-refractivity contribution in [2.45, 2.75) is 91.3 Å². The number of nitrogens with two attached hydrogens (primary N) is 1. The second kappa shape index (κ2) is 11.5. The van der Waals surface area contributed by atoms with Gasteiger partial charge in [-0.05, 0) is 58.1 Å². The summed E-state index contributed by atoms with van der Waals surface area (Å²) in [6.45, 7) is 12.6. The van der Waals surface area contributed by atoms with E-state index in [1.54, 1.807) is 0 Å². The first-order valence-electron chi connectivity index (χ1n) is 10.9. The van der Waals surface area contributed by atoms with Gasteiger partial charge in [-0.2, -0.15) is 0 Å². The molecule has 0 fully saturated rings. The Bertz CT molecular complexity index is 635. The summed E-state index contributed by atoms with van der Waals surface area (Å²) < 4.78 is 0. The lowest BCUT2D eigenvalue weighted by Crippen LogP contribution is -2.57. The average molecular weight is 404 g/mol. The summed E-state index contributed by atoms with van der Waals surface area (Å²) in [5.41, 5.74) is 6.02. The number of benzene rings is 1. The van der Waals surface area contributed by atoms with Crippen LogP contribution in [0.25, 0.3) is 0 Å². The maximum Gasteiger partial charge on any atom is 0.238 e. The number of carbonyl (C=O) groups is 2. The quantitative estimate of drug-likeness (QED) is 0.466. The van der Waals surface area contributed by atoms with E-state index in [0.29, 0.717) is 19.4 Å². The van der Waals surface area contributed by atoms with Gasteiger partial charge in [-0.25, -0.2) is 0 Å². The van der Waals surface area contributed by atoms with Gasteiger partial charge >= 0.3 is 0 Å². The molecule has 0 aliphatic heterocycles. The van der Waals surface area contributed by atoms with Gasteiger partial charge in [0.2, 0.25) is 5.91 Å². The molecule has 1 rings (SSSR count). The Morgan fingerprint density at radius 3 is 2.14 bits per heavy atom. The molecule has 4 N–H and O–H groups in total. The Morgan fingerprint density at radius 1 is 1.00 bits per heavy atom. The minimum Gasteiger partial charge on any atom is -0.345 e. The Labute approximate surface area is 177 Å². The van der Waals surface area contributed by atoms with Crippen molar-refractivity contribution in [1.29, 1.82) is 0 Å². The molecular formula is C24H41N3O2. The summed E-state index contributed by atoms with van der Waals surface area (Å²) >= 11 is 0. The molecule has 0 aromatic heterocycles. The predicted molar refractivity (Wildman–Crippen MR) is 121 cm³/mol. The third-order valence-corrected chi connectivity index (χ3v) is 5.37. The van der Waals surface area contributed by atoms with Crippen LogP contribution in [0.1, 0.15) is 72.8 Å². The van der Waals surface area contributed by atoms with Crippen LogP contribution in [0, 0.1) is 5.41 Å². The Morgan fingerprint density at radius 2 is 1.62 bits per heavy atom. The standard InChI is InChI=1S/C24H41N3O2/c1-7-24(5,6)27-20(17-18-13-9-8-10-14-18)22(29)26-19(15-11-12-16-25)21(28)23(2,3)4/h8-10,13-14,19-20,27H,7,11-12,15-17,25H2,1-6H3,(H,26,29). The summed E-state index contributed by atoms with van der Waals surface area (Å²) in [6, 6.07) is 9.09. The minimum absolute atomic E-state index is 0.0658. The molecule has 1 aromatic carbocycles. The van der Waals surface area contributed by atoms with Crippen LogP contribution in [0.3, 0.4) is 0 Å². The molecule has 1 amide bonds. The van der Waals surface area contributed by atoms with Crippen LogP contribution in [-0.2, 0) is 16.0 Å². The number of rotatable bonds is 12. The Balaban J connectivity index is 3.01. The van der Waals surface area contributed by atoms with Crippen molar-refractivity contribution in [2.75, 3.05) is 6.54 Å². The number of nitrogens with one attached hydrogen (secondary N) is 2. The van der Waals surface area contributed by atoms with Gasteiger partial charge in [0.25, 0.3) is 0 Å². The smallest absolute Gasteiger partial charge is 0.238 e.